The first-order valence-electron chi connectivity index (χ1n) is 6.83. The summed E-state index contributed by atoms with van der Waals surface area (Å²) in [4.78, 5) is 23.8. The Morgan fingerprint density at radius 2 is 1.62 bits per heavy atom. The first-order chi connectivity index (χ1) is 11.3. The lowest BCUT2D eigenvalue weighted by molar-refractivity contribution is 0.0526. The molecule has 0 heterocycles. The Hall–Kier alpha value is -2.44. The Labute approximate surface area is 147 Å². The second kappa shape index (κ2) is 7.42. The smallest absolute Gasteiger partial charge is 0.338 e. The van der Waals surface area contributed by atoms with E-state index in [2.05, 4.69) is 5.32 Å². The van der Waals surface area contributed by atoms with Gasteiger partial charge in [0.1, 0.15) is 5.56 Å². The molecule has 1 amide bonds. The Balaban J connectivity index is 2.23. The van der Waals surface area contributed by atoms with Crippen LogP contribution in [0.1, 0.15) is 27.6 Å². The van der Waals surface area contributed by atoms with Crippen LogP contribution in [-0.2, 0) is 4.74 Å². The summed E-state index contributed by atoms with van der Waals surface area (Å²) < 4.78 is 4.85. The van der Waals surface area contributed by atoms with Gasteiger partial charge in [0, 0.05) is 5.69 Å². The summed E-state index contributed by atoms with van der Waals surface area (Å²) in [6.45, 7) is 1.95. The number of halogens is 2. The number of esters is 1. The molecule has 0 aliphatic carbocycles. The average molecular weight is 370 g/mol. The summed E-state index contributed by atoms with van der Waals surface area (Å²) in [7, 11) is 0. The van der Waals surface area contributed by atoms with Crippen LogP contribution in [0.2, 0.25) is 10.0 Å². The molecule has 6 nitrogen and oxygen atoms in total. The van der Waals surface area contributed by atoms with Gasteiger partial charge in [0.25, 0.3) is 5.91 Å². The highest BCUT2D eigenvalue weighted by Gasteiger charge is 2.22. The normalized spacial score (nSPS) is 10.3. The van der Waals surface area contributed by atoms with E-state index in [1.807, 2.05) is 0 Å². The number of ether oxygens (including phenoxy) is 1. The van der Waals surface area contributed by atoms with E-state index in [1.165, 1.54) is 24.3 Å². The topological polar surface area (TPSA) is 95.9 Å². The van der Waals surface area contributed by atoms with E-state index >= 15 is 0 Å². The van der Waals surface area contributed by atoms with Crippen LogP contribution in [0.4, 0.5) is 5.69 Å². The number of amides is 1. The maximum atomic E-state index is 12.2. The quantitative estimate of drug-likeness (QED) is 0.711. The van der Waals surface area contributed by atoms with Gasteiger partial charge in [-0.05, 0) is 37.3 Å². The van der Waals surface area contributed by atoms with Crippen LogP contribution >= 0.6 is 23.2 Å². The molecule has 0 atom stereocenters. The predicted octanol–water partition coefficient (Wildman–Crippen LogP) is 3.83. The molecule has 0 bridgehead atoms. The zero-order valence-corrected chi connectivity index (χ0v) is 14.0. The number of aromatic hydroxyl groups is 2. The van der Waals surface area contributed by atoms with Gasteiger partial charge in [-0.1, -0.05) is 23.2 Å². The Kier molecular flexibility index (Phi) is 5.54. The number of nitrogens with one attached hydrogen (secondary N) is 1. The van der Waals surface area contributed by atoms with Gasteiger partial charge < -0.3 is 20.3 Å². The SMILES string of the molecule is CCOC(=O)c1ccc(NC(=O)c2c(O)c(Cl)cc(Cl)c2O)cc1. The summed E-state index contributed by atoms with van der Waals surface area (Å²) in [5.41, 5.74) is 0.219. The van der Waals surface area contributed by atoms with Crippen molar-refractivity contribution in [2.24, 2.45) is 0 Å². The van der Waals surface area contributed by atoms with Gasteiger partial charge in [-0.2, -0.15) is 0 Å². The second-order valence-electron chi connectivity index (χ2n) is 4.66. The molecule has 3 N–H and O–H groups in total. The third-order valence-electron chi connectivity index (χ3n) is 3.06. The van der Waals surface area contributed by atoms with Crippen molar-refractivity contribution < 1.29 is 24.5 Å². The third kappa shape index (κ3) is 3.72. The number of phenols is 2. The molecule has 0 saturated heterocycles. The Bertz CT molecular complexity index is 764. The Morgan fingerprint density at radius 1 is 1.08 bits per heavy atom. The zero-order valence-electron chi connectivity index (χ0n) is 12.5. The first-order valence-corrected chi connectivity index (χ1v) is 7.59. The number of benzene rings is 2. The minimum absolute atomic E-state index is 0.166. The van der Waals surface area contributed by atoms with Crippen molar-refractivity contribution in [2.75, 3.05) is 11.9 Å². The van der Waals surface area contributed by atoms with E-state index in [0.717, 1.165) is 6.07 Å². The summed E-state index contributed by atoms with van der Waals surface area (Å²) in [6.07, 6.45) is 0. The zero-order chi connectivity index (χ0) is 17.9. The number of rotatable bonds is 4. The Morgan fingerprint density at radius 3 is 2.12 bits per heavy atom. The predicted molar refractivity (Wildman–Crippen MR) is 90.1 cm³/mol. The van der Waals surface area contributed by atoms with Crippen molar-refractivity contribution in [3.05, 3.63) is 51.5 Å². The van der Waals surface area contributed by atoms with Crippen LogP contribution in [0.15, 0.2) is 30.3 Å². The molecule has 2 rings (SSSR count). The maximum absolute atomic E-state index is 12.2. The van der Waals surface area contributed by atoms with Gasteiger partial charge in [0.2, 0.25) is 0 Å². The summed E-state index contributed by atoms with van der Waals surface area (Å²) >= 11 is 11.5. The monoisotopic (exact) mass is 369 g/mol. The number of carbonyl (C=O) groups excluding carboxylic acids is 2. The molecule has 0 aromatic heterocycles. The lowest BCUT2D eigenvalue weighted by Gasteiger charge is -2.11. The van der Waals surface area contributed by atoms with Crippen molar-refractivity contribution in [1.29, 1.82) is 0 Å². The van der Waals surface area contributed by atoms with Crippen LogP contribution in [0.5, 0.6) is 11.5 Å². The van der Waals surface area contributed by atoms with Crippen LogP contribution in [-0.4, -0.2) is 28.7 Å². The van der Waals surface area contributed by atoms with Gasteiger partial charge in [-0.25, -0.2) is 4.79 Å². The number of anilines is 1. The standard InChI is InChI=1S/C16H13Cl2NO5/c1-2-24-16(23)8-3-5-9(6-4-8)19-15(22)12-13(20)10(17)7-11(18)14(12)21/h3-7,20-21H,2H2,1H3,(H,19,22). The highest BCUT2D eigenvalue weighted by Crippen LogP contribution is 2.39. The number of phenolic OH excluding ortho intramolecular Hbond substituents is 2. The molecule has 0 spiro atoms. The van der Waals surface area contributed by atoms with Crippen LogP contribution in [0.25, 0.3) is 0 Å². The number of hydrogen-bond acceptors (Lipinski definition) is 5. The molecule has 24 heavy (non-hydrogen) atoms. The van der Waals surface area contributed by atoms with E-state index in [9.17, 15) is 19.8 Å². The summed E-state index contributed by atoms with van der Waals surface area (Å²) in [5.74, 6) is -2.45. The summed E-state index contributed by atoms with van der Waals surface area (Å²) in [5, 5.41) is 21.8. The molecule has 8 heteroatoms. The second-order valence-corrected chi connectivity index (χ2v) is 5.48. The lowest BCUT2D eigenvalue weighted by Crippen LogP contribution is -2.13. The van der Waals surface area contributed by atoms with Gasteiger partial charge in [-0.3, -0.25) is 4.79 Å². The highest BCUT2D eigenvalue weighted by atomic mass is 35.5. The molecule has 0 radical (unpaired) electrons. The van der Waals surface area contributed by atoms with E-state index in [1.54, 1.807) is 6.92 Å². The van der Waals surface area contributed by atoms with E-state index < -0.39 is 28.9 Å². The largest absolute Gasteiger partial charge is 0.505 e. The molecule has 0 aliphatic rings. The van der Waals surface area contributed by atoms with Gasteiger partial charge >= 0.3 is 5.97 Å². The summed E-state index contributed by atoms with van der Waals surface area (Å²) in [6, 6.07) is 7.02. The fourth-order valence-electron chi connectivity index (χ4n) is 1.91. The van der Waals surface area contributed by atoms with E-state index in [-0.39, 0.29) is 16.7 Å². The highest BCUT2D eigenvalue weighted by molar-refractivity contribution is 6.37. The lowest BCUT2D eigenvalue weighted by atomic mass is 10.1. The third-order valence-corrected chi connectivity index (χ3v) is 3.64. The molecule has 0 fully saturated rings. The van der Waals surface area contributed by atoms with Crippen molar-refractivity contribution in [2.45, 2.75) is 6.92 Å². The van der Waals surface area contributed by atoms with Crippen molar-refractivity contribution in [3.8, 4) is 11.5 Å². The van der Waals surface area contributed by atoms with Crippen molar-refractivity contribution in [1.82, 2.24) is 0 Å². The average Bonchev–Trinajstić information content (AvgIpc) is 2.54. The van der Waals surface area contributed by atoms with Crippen LogP contribution < -0.4 is 5.32 Å². The number of carbonyl (C=O) groups is 2. The van der Waals surface area contributed by atoms with Gasteiger partial charge in [-0.15, -0.1) is 0 Å². The number of hydrogen-bond donors (Lipinski definition) is 3. The molecular weight excluding hydrogens is 357 g/mol. The fourth-order valence-corrected chi connectivity index (χ4v) is 2.37. The molecule has 0 saturated carbocycles. The molecule has 2 aromatic carbocycles. The van der Waals surface area contributed by atoms with E-state index in [0.29, 0.717) is 11.3 Å². The van der Waals surface area contributed by atoms with Crippen LogP contribution in [0.3, 0.4) is 0 Å². The van der Waals surface area contributed by atoms with E-state index in [4.69, 9.17) is 27.9 Å². The van der Waals surface area contributed by atoms with Gasteiger partial charge in [0.05, 0.1) is 22.2 Å². The molecule has 126 valence electrons. The minimum atomic E-state index is -0.807. The van der Waals surface area contributed by atoms with Crippen LogP contribution in [0, 0.1) is 0 Å². The van der Waals surface area contributed by atoms with Crippen molar-refractivity contribution >= 4 is 40.8 Å². The fraction of sp³-hybridized carbons (Fsp3) is 0.125. The molecule has 2 aromatic rings. The first kappa shape index (κ1) is 17.9. The molecular formula is C16H13Cl2NO5. The molecule has 0 unspecified atom stereocenters. The molecule has 0 aliphatic heterocycles. The minimum Gasteiger partial charge on any atom is -0.505 e. The van der Waals surface area contributed by atoms with Gasteiger partial charge in [0.15, 0.2) is 11.5 Å². The maximum Gasteiger partial charge on any atom is 0.338 e. The van der Waals surface area contributed by atoms with Crippen molar-refractivity contribution in [3.63, 3.8) is 0 Å².